The van der Waals surface area contributed by atoms with Gasteiger partial charge in [-0.15, -0.1) is 0 Å². The maximum atomic E-state index is 12.8. The number of aromatic nitrogens is 2. The highest BCUT2D eigenvalue weighted by atomic mass is 32.2. The molecule has 0 bridgehead atoms. The number of nitrogens with zero attached hydrogens (tertiary/aromatic N) is 3. The minimum atomic E-state index is -3.67. The van der Waals surface area contributed by atoms with E-state index < -0.39 is 10.1 Å². The van der Waals surface area contributed by atoms with Crippen LogP contribution in [0.25, 0.3) is 5.65 Å². The number of fused-ring (bicyclic) bond motifs is 1. The molecule has 2 aromatic heterocycles. The molecular weight excluding hydrogens is 408 g/mol. The minimum Gasteiger partial charge on any atom is -0.394 e. The molecule has 1 aromatic carbocycles. The van der Waals surface area contributed by atoms with Crippen LogP contribution in [0.5, 0.6) is 0 Å². The largest absolute Gasteiger partial charge is 0.394 e. The number of aliphatic hydroxyl groups is 1. The molecule has 9 nitrogen and oxygen atoms in total. The number of imidazole rings is 1. The van der Waals surface area contributed by atoms with Gasteiger partial charge in [0.15, 0.2) is 0 Å². The van der Waals surface area contributed by atoms with E-state index in [-0.39, 0.29) is 19.1 Å². The summed E-state index contributed by atoms with van der Waals surface area (Å²) in [6.45, 7) is 4.73. The second-order valence-corrected chi connectivity index (χ2v) is 8.20. The van der Waals surface area contributed by atoms with Crippen LogP contribution in [0, 0.1) is 13.8 Å². The minimum absolute atomic E-state index is 0.112. The van der Waals surface area contributed by atoms with Crippen molar-refractivity contribution in [3.05, 3.63) is 71.2 Å². The van der Waals surface area contributed by atoms with Crippen molar-refractivity contribution in [3.63, 3.8) is 0 Å². The first kappa shape index (κ1) is 23.5. The van der Waals surface area contributed by atoms with Gasteiger partial charge in [0.25, 0.3) is 16.0 Å². The molecule has 0 saturated carbocycles. The number of rotatable bonds is 6. The maximum absolute atomic E-state index is 12.8. The predicted octanol–water partition coefficient (Wildman–Crippen LogP) is 1.59. The van der Waals surface area contributed by atoms with E-state index in [1.165, 1.54) is 16.1 Å². The number of hydrazine groups is 1. The Bertz CT molecular complexity index is 1080. The van der Waals surface area contributed by atoms with E-state index >= 15 is 0 Å². The molecule has 0 saturated heterocycles. The van der Waals surface area contributed by atoms with E-state index in [9.17, 15) is 18.3 Å². The van der Waals surface area contributed by atoms with Gasteiger partial charge in [0.05, 0.1) is 25.0 Å². The molecule has 162 valence electrons. The molecule has 3 aromatic rings. The Hall–Kier alpha value is -2.79. The standard InChI is InChI=1S/C19H22N4O2.CH4O3S/c1-14-4-3-5-15(2)17(14)12-21-23(10-11-24)19(25)16-6-7-18-20-8-9-22(18)13-16;1-5(2,3)4/h3-9,13,21,24H,10-12H2,1-2H3;1H3,(H,2,3,4). The smallest absolute Gasteiger partial charge is 0.269 e. The van der Waals surface area contributed by atoms with Crippen molar-refractivity contribution in [2.45, 2.75) is 20.4 Å². The van der Waals surface area contributed by atoms with Crippen molar-refractivity contribution >= 4 is 21.7 Å². The topological polar surface area (TPSA) is 124 Å². The highest BCUT2D eigenvalue weighted by Crippen LogP contribution is 2.13. The molecule has 3 N–H and O–H groups in total. The lowest BCUT2D eigenvalue weighted by atomic mass is 10.0. The van der Waals surface area contributed by atoms with E-state index in [1.54, 1.807) is 35.1 Å². The first-order chi connectivity index (χ1) is 14.1. The number of hydrogen-bond acceptors (Lipinski definition) is 6. The summed E-state index contributed by atoms with van der Waals surface area (Å²) < 4.78 is 27.7. The van der Waals surface area contributed by atoms with Gasteiger partial charge in [-0.3, -0.25) is 14.4 Å². The van der Waals surface area contributed by atoms with E-state index in [0.29, 0.717) is 18.4 Å². The lowest BCUT2D eigenvalue weighted by molar-refractivity contribution is 0.0604. The van der Waals surface area contributed by atoms with Gasteiger partial charge >= 0.3 is 0 Å². The van der Waals surface area contributed by atoms with Crippen LogP contribution in [0.2, 0.25) is 0 Å². The first-order valence-electron chi connectivity index (χ1n) is 9.16. The zero-order chi connectivity index (χ0) is 22.3. The van der Waals surface area contributed by atoms with Crippen LogP contribution in [-0.2, 0) is 16.7 Å². The number of pyridine rings is 1. The number of carbonyl (C=O) groups excluding carboxylic acids is 1. The first-order valence-corrected chi connectivity index (χ1v) is 11.0. The van der Waals surface area contributed by atoms with Crippen LogP contribution < -0.4 is 5.43 Å². The second kappa shape index (κ2) is 10.3. The Balaban J connectivity index is 0.000000575. The third-order valence-corrected chi connectivity index (χ3v) is 4.30. The lowest BCUT2D eigenvalue weighted by Crippen LogP contribution is -2.44. The number of amides is 1. The van der Waals surface area contributed by atoms with Crippen LogP contribution in [0.1, 0.15) is 27.0 Å². The normalized spacial score (nSPS) is 11.1. The van der Waals surface area contributed by atoms with Crippen LogP contribution in [-0.4, -0.2) is 57.8 Å². The monoisotopic (exact) mass is 434 g/mol. The predicted molar refractivity (Wildman–Crippen MR) is 114 cm³/mol. The summed E-state index contributed by atoms with van der Waals surface area (Å²) in [7, 11) is -3.67. The van der Waals surface area contributed by atoms with Crippen LogP contribution in [0.4, 0.5) is 0 Å². The molecule has 0 aliphatic carbocycles. The van der Waals surface area contributed by atoms with Gasteiger partial charge < -0.3 is 9.51 Å². The van der Waals surface area contributed by atoms with Gasteiger partial charge in [0, 0.05) is 25.1 Å². The summed E-state index contributed by atoms with van der Waals surface area (Å²) in [5, 5.41) is 10.8. The highest BCUT2D eigenvalue weighted by molar-refractivity contribution is 7.85. The maximum Gasteiger partial charge on any atom is 0.269 e. The molecule has 0 unspecified atom stereocenters. The van der Waals surface area contributed by atoms with Crippen molar-refractivity contribution in [2.24, 2.45) is 0 Å². The molecule has 0 fully saturated rings. The summed E-state index contributed by atoms with van der Waals surface area (Å²) in [6.07, 6.45) is 5.95. The number of aliphatic hydroxyl groups excluding tert-OH is 1. The molecule has 30 heavy (non-hydrogen) atoms. The molecule has 0 atom stereocenters. The third-order valence-electron chi connectivity index (χ3n) is 4.30. The lowest BCUT2D eigenvalue weighted by Gasteiger charge is -2.24. The number of nitrogens with one attached hydrogen (secondary N) is 1. The SMILES string of the molecule is CS(=O)(=O)O.Cc1cccc(C)c1CNN(CCO)C(=O)c1ccc2nccn2c1. The summed E-state index contributed by atoms with van der Waals surface area (Å²) in [5.74, 6) is -0.184. The van der Waals surface area contributed by atoms with E-state index in [0.717, 1.165) is 11.2 Å². The fourth-order valence-corrected chi connectivity index (χ4v) is 2.86. The van der Waals surface area contributed by atoms with Crippen LogP contribution in [0.3, 0.4) is 0 Å². The summed E-state index contributed by atoms with van der Waals surface area (Å²) in [5.41, 5.74) is 7.97. The summed E-state index contributed by atoms with van der Waals surface area (Å²) >= 11 is 0. The molecule has 10 heteroatoms. The third kappa shape index (κ3) is 6.92. The Morgan fingerprint density at radius 3 is 2.43 bits per heavy atom. The van der Waals surface area contributed by atoms with E-state index in [1.807, 2.05) is 6.07 Å². The van der Waals surface area contributed by atoms with Crippen molar-refractivity contribution in [1.29, 1.82) is 0 Å². The summed E-state index contributed by atoms with van der Waals surface area (Å²) in [4.78, 5) is 17.0. The zero-order valence-corrected chi connectivity index (χ0v) is 17.9. The molecular formula is C20H26N4O5S. The van der Waals surface area contributed by atoms with Crippen molar-refractivity contribution in [1.82, 2.24) is 19.8 Å². The van der Waals surface area contributed by atoms with Crippen molar-refractivity contribution in [3.8, 4) is 0 Å². The van der Waals surface area contributed by atoms with Gasteiger partial charge in [0.1, 0.15) is 5.65 Å². The van der Waals surface area contributed by atoms with Crippen LogP contribution in [0.15, 0.2) is 48.9 Å². The molecule has 0 spiro atoms. The van der Waals surface area contributed by atoms with Crippen LogP contribution >= 0.6 is 0 Å². The molecule has 1 amide bonds. The number of hydrogen-bond donors (Lipinski definition) is 3. The molecule has 0 aliphatic heterocycles. The fraction of sp³-hybridized carbons (Fsp3) is 0.300. The molecule has 3 rings (SSSR count). The Kier molecular flexibility index (Phi) is 8.07. The van der Waals surface area contributed by atoms with E-state index in [4.69, 9.17) is 4.55 Å². The number of aryl methyl sites for hydroxylation is 2. The number of carbonyl (C=O) groups is 1. The van der Waals surface area contributed by atoms with Gasteiger partial charge in [-0.1, -0.05) is 18.2 Å². The van der Waals surface area contributed by atoms with E-state index in [2.05, 4.69) is 36.4 Å². The molecule has 2 heterocycles. The Morgan fingerprint density at radius 1 is 1.20 bits per heavy atom. The second-order valence-electron chi connectivity index (χ2n) is 6.73. The van der Waals surface area contributed by atoms with Gasteiger partial charge in [0.2, 0.25) is 0 Å². The average Bonchev–Trinajstić information content (AvgIpc) is 3.12. The van der Waals surface area contributed by atoms with Gasteiger partial charge in [-0.25, -0.2) is 10.4 Å². The quantitative estimate of drug-likeness (QED) is 0.397. The zero-order valence-electron chi connectivity index (χ0n) is 17.1. The average molecular weight is 435 g/mol. The Morgan fingerprint density at radius 2 is 1.83 bits per heavy atom. The highest BCUT2D eigenvalue weighted by Gasteiger charge is 2.16. The Labute approximate surface area is 175 Å². The molecule has 0 aliphatic rings. The van der Waals surface area contributed by atoms with Gasteiger partial charge in [-0.2, -0.15) is 8.42 Å². The van der Waals surface area contributed by atoms with Crippen molar-refractivity contribution < 1.29 is 22.9 Å². The molecule has 0 radical (unpaired) electrons. The summed E-state index contributed by atoms with van der Waals surface area (Å²) in [6, 6.07) is 9.67. The number of benzene rings is 1. The van der Waals surface area contributed by atoms with Gasteiger partial charge in [-0.05, 0) is 42.7 Å². The van der Waals surface area contributed by atoms with Crippen molar-refractivity contribution in [2.75, 3.05) is 19.4 Å². The fourth-order valence-electron chi connectivity index (χ4n) is 2.86.